The summed E-state index contributed by atoms with van der Waals surface area (Å²) in [5.41, 5.74) is 1.17. The molecule has 2 aromatic rings. The second-order valence-electron chi connectivity index (χ2n) is 5.89. The third kappa shape index (κ3) is 5.27. The van der Waals surface area contributed by atoms with Gasteiger partial charge in [-0.1, -0.05) is 23.2 Å². The largest absolute Gasteiger partial charge is 0.486 e. The fraction of sp³-hybridized carbons (Fsp3) is 0.375. The van der Waals surface area contributed by atoms with Gasteiger partial charge in [0.1, 0.15) is 18.1 Å². The van der Waals surface area contributed by atoms with Gasteiger partial charge in [-0.25, -0.2) is 0 Å². The van der Waals surface area contributed by atoms with Crippen LogP contribution in [0.15, 0.2) is 34.9 Å². The van der Waals surface area contributed by atoms with Gasteiger partial charge in [0, 0.05) is 23.7 Å². The van der Waals surface area contributed by atoms with Crippen LogP contribution in [0.1, 0.15) is 32.1 Å². The van der Waals surface area contributed by atoms with Crippen LogP contribution in [0.4, 0.5) is 0 Å². The van der Waals surface area contributed by atoms with Gasteiger partial charge >= 0.3 is 0 Å². The van der Waals surface area contributed by atoms with Crippen molar-refractivity contribution in [3.63, 3.8) is 0 Å². The Balaban J connectivity index is 1.89. The van der Waals surface area contributed by atoms with Crippen molar-refractivity contribution in [1.29, 1.82) is 0 Å². The average Bonchev–Trinajstić information content (AvgIpc) is 2.85. The van der Waals surface area contributed by atoms with Gasteiger partial charge in [0.05, 0.1) is 16.3 Å². The van der Waals surface area contributed by atoms with E-state index in [1.54, 1.807) is 24.5 Å². The third-order valence-corrected chi connectivity index (χ3v) is 3.54. The summed E-state index contributed by atoms with van der Waals surface area (Å²) in [4.78, 5) is 0. The topological polar surface area (TPSA) is 34.4 Å². The van der Waals surface area contributed by atoms with Crippen LogP contribution in [0.3, 0.4) is 0 Å². The summed E-state index contributed by atoms with van der Waals surface area (Å²) in [6, 6.07) is 7.16. The molecule has 0 bridgehead atoms. The molecule has 3 nitrogen and oxygen atoms in total. The van der Waals surface area contributed by atoms with Crippen LogP contribution in [0.2, 0.25) is 10.0 Å². The predicted molar refractivity (Wildman–Crippen MR) is 86.1 cm³/mol. The van der Waals surface area contributed by atoms with Crippen molar-refractivity contribution < 1.29 is 9.15 Å². The van der Waals surface area contributed by atoms with Crippen LogP contribution in [-0.4, -0.2) is 5.54 Å². The smallest absolute Gasteiger partial charge is 0.146 e. The Morgan fingerprint density at radius 3 is 2.57 bits per heavy atom. The van der Waals surface area contributed by atoms with Crippen LogP contribution in [-0.2, 0) is 13.2 Å². The van der Waals surface area contributed by atoms with Crippen LogP contribution >= 0.6 is 23.2 Å². The van der Waals surface area contributed by atoms with E-state index in [0.29, 0.717) is 22.4 Å². The first-order valence-corrected chi connectivity index (χ1v) is 7.48. The molecular weight excluding hydrogens is 309 g/mol. The van der Waals surface area contributed by atoms with Gasteiger partial charge in [-0.3, -0.25) is 0 Å². The predicted octanol–water partition coefficient (Wildman–Crippen LogP) is 5.05. The van der Waals surface area contributed by atoms with E-state index in [9.17, 15) is 0 Å². The summed E-state index contributed by atoms with van der Waals surface area (Å²) in [7, 11) is 0. The van der Waals surface area contributed by atoms with Gasteiger partial charge in [-0.2, -0.15) is 0 Å². The fourth-order valence-electron chi connectivity index (χ4n) is 1.68. The lowest BCUT2D eigenvalue weighted by Gasteiger charge is -2.19. The SMILES string of the molecule is CC(C)(C)NCc1coc(COc2ccc(Cl)c(Cl)c2)c1. The summed E-state index contributed by atoms with van der Waals surface area (Å²) < 4.78 is 11.1. The van der Waals surface area contributed by atoms with Crippen molar-refractivity contribution in [2.45, 2.75) is 39.5 Å². The maximum absolute atomic E-state index is 5.94. The van der Waals surface area contributed by atoms with E-state index in [1.165, 1.54) is 0 Å². The highest BCUT2D eigenvalue weighted by Gasteiger charge is 2.10. The summed E-state index contributed by atoms with van der Waals surface area (Å²) in [5, 5.41) is 4.39. The Bertz CT molecular complexity index is 603. The maximum Gasteiger partial charge on any atom is 0.146 e. The van der Waals surface area contributed by atoms with E-state index in [-0.39, 0.29) is 5.54 Å². The second kappa shape index (κ2) is 6.73. The molecule has 21 heavy (non-hydrogen) atoms. The second-order valence-corrected chi connectivity index (χ2v) is 6.70. The molecule has 0 aliphatic rings. The van der Waals surface area contributed by atoms with Crippen LogP contribution in [0.25, 0.3) is 0 Å². The molecule has 0 spiro atoms. The molecule has 114 valence electrons. The Hall–Kier alpha value is -1.16. The van der Waals surface area contributed by atoms with Gasteiger partial charge in [-0.05, 0) is 39.0 Å². The number of hydrogen-bond acceptors (Lipinski definition) is 3. The zero-order valence-corrected chi connectivity index (χ0v) is 13.9. The molecule has 0 unspecified atom stereocenters. The number of furan rings is 1. The molecule has 5 heteroatoms. The van der Waals surface area contributed by atoms with E-state index in [1.807, 2.05) is 6.07 Å². The number of hydrogen-bond donors (Lipinski definition) is 1. The Morgan fingerprint density at radius 2 is 1.90 bits per heavy atom. The number of rotatable bonds is 5. The van der Waals surface area contributed by atoms with Crippen LogP contribution < -0.4 is 10.1 Å². The van der Waals surface area contributed by atoms with Gasteiger partial charge in [0.2, 0.25) is 0 Å². The van der Waals surface area contributed by atoms with E-state index in [0.717, 1.165) is 17.9 Å². The molecule has 1 heterocycles. The molecule has 0 saturated carbocycles. The minimum absolute atomic E-state index is 0.0774. The zero-order valence-electron chi connectivity index (χ0n) is 12.4. The molecule has 0 fully saturated rings. The quantitative estimate of drug-likeness (QED) is 0.834. The minimum Gasteiger partial charge on any atom is -0.486 e. The number of nitrogens with one attached hydrogen (secondary N) is 1. The van der Waals surface area contributed by atoms with Crippen LogP contribution in [0.5, 0.6) is 5.75 Å². The average molecular weight is 328 g/mol. The lowest BCUT2D eigenvalue weighted by Crippen LogP contribution is -2.34. The van der Waals surface area contributed by atoms with E-state index in [2.05, 4.69) is 26.1 Å². The monoisotopic (exact) mass is 327 g/mol. The minimum atomic E-state index is 0.0774. The summed E-state index contributed by atoms with van der Waals surface area (Å²) in [6.07, 6.45) is 1.74. The number of benzene rings is 1. The normalized spacial score (nSPS) is 11.7. The first-order chi connectivity index (χ1) is 9.83. The number of halogens is 2. The molecule has 1 N–H and O–H groups in total. The molecule has 0 atom stereocenters. The highest BCUT2D eigenvalue weighted by Crippen LogP contribution is 2.26. The number of ether oxygens (including phenoxy) is 1. The van der Waals surface area contributed by atoms with Crippen molar-refractivity contribution in [2.75, 3.05) is 0 Å². The molecule has 2 rings (SSSR count). The third-order valence-electron chi connectivity index (χ3n) is 2.80. The summed E-state index contributed by atoms with van der Waals surface area (Å²) in [5.74, 6) is 1.43. The lowest BCUT2D eigenvalue weighted by atomic mass is 10.1. The molecule has 0 radical (unpaired) electrons. The van der Waals surface area contributed by atoms with Crippen molar-refractivity contribution in [3.05, 3.63) is 51.9 Å². The van der Waals surface area contributed by atoms with Gasteiger partial charge < -0.3 is 14.5 Å². The summed E-state index contributed by atoms with van der Waals surface area (Å²) >= 11 is 11.8. The Kier molecular flexibility index (Phi) is 5.20. The van der Waals surface area contributed by atoms with Crippen molar-refractivity contribution in [3.8, 4) is 5.75 Å². The van der Waals surface area contributed by atoms with Gasteiger partial charge in [0.25, 0.3) is 0 Å². The molecular formula is C16H19Cl2NO2. The molecule has 0 aliphatic heterocycles. The Morgan fingerprint density at radius 1 is 1.14 bits per heavy atom. The van der Waals surface area contributed by atoms with E-state index in [4.69, 9.17) is 32.4 Å². The molecule has 0 saturated heterocycles. The molecule has 0 aliphatic carbocycles. The fourth-order valence-corrected chi connectivity index (χ4v) is 1.97. The molecule has 0 amide bonds. The molecule has 1 aromatic carbocycles. The maximum atomic E-state index is 5.94. The highest BCUT2D eigenvalue weighted by molar-refractivity contribution is 6.42. The van der Waals surface area contributed by atoms with E-state index < -0.39 is 0 Å². The van der Waals surface area contributed by atoms with E-state index >= 15 is 0 Å². The van der Waals surface area contributed by atoms with Gasteiger partial charge in [-0.15, -0.1) is 0 Å². The first kappa shape index (κ1) is 16.2. The van der Waals surface area contributed by atoms with Crippen LogP contribution in [0, 0.1) is 0 Å². The Labute approximate surface area is 135 Å². The first-order valence-electron chi connectivity index (χ1n) is 6.73. The van der Waals surface area contributed by atoms with Crippen molar-refractivity contribution in [2.24, 2.45) is 0 Å². The summed E-state index contributed by atoms with van der Waals surface area (Å²) in [6.45, 7) is 7.50. The van der Waals surface area contributed by atoms with Crippen molar-refractivity contribution >= 4 is 23.2 Å². The van der Waals surface area contributed by atoms with Gasteiger partial charge in [0.15, 0.2) is 0 Å². The highest BCUT2D eigenvalue weighted by atomic mass is 35.5. The lowest BCUT2D eigenvalue weighted by molar-refractivity contribution is 0.270. The zero-order chi connectivity index (χ0) is 15.5. The standard InChI is InChI=1S/C16H19Cl2NO2/c1-16(2,3)19-8-11-6-13(20-9-11)10-21-12-4-5-14(17)15(18)7-12/h4-7,9,19H,8,10H2,1-3H3. The molecule has 1 aromatic heterocycles. The van der Waals surface area contributed by atoms with Crippen molar-refractivity contribution in [1.82, 2.24) is 5.32 Å².